The predicted octanol–water partition coefficient (Wildman–Crippen LogP) is 5.07. The molecule has 0 unspecified atom stereocenters. The Morgan fingerprint density at radius 2 is 1.77 bits per heavy atom. The maximum absolute atomic E-state index is 12.5. The highest BCUT2D eigenvalue weighted by atomic mass is 32.2. The van der Waals surface area contributed by atoms with Crippen LogP contribution >= 0.6 is 0 Å². The fourth-order valence-electron chi connectivity index (χ4n) is 10.1. The maximum Gasteiger partial charge on any atom is 0.421 e. The number of rotatable bonds is 6. The molecular weight excluding hydrogens is 530 g/mol. The molecule has 4 aliphatic rings. The Morgan fingerprint density at radius 1 is 1.07 bits per heavy atom. The summed E-state index contributed by atoms with van der Waals surface area (Å²) in [6.45, 7) is 9.17. The molecular formula is C31H47NO7S. The minimum Gasteiger partial charge on any atom is -0.508 e. The van der Waals surface area contributed by atoms with E-state index in [0.29, 0.717) is 23.7 Å². The van der Waals surface area contributed by atoms with Crippen molar-refractivity contribution in [2.75, 3.05) is 6.61 Å². The highest BCUT2D eigenvalue weighted by Gasteiger charge is 2.64. The first-order valence-electron chi connectivity index (χ1n) is 15.2. The van der Waals surface area contributed by atoms with E-state index in [1.807, 2.05) is 4.72 Å². The van der Waals surface area contributed by atoms with Crippen molar-refractivity contribution in [3.63, 3.8) is 0 Å². The van der Waals surface area contributed by atoms with Gasteiger partial charge in [0.15, 0.2) is 0 Å². The first-order chi connectivity index (χ1) is 18.8. The standard InChI is InChI=1S/C31H47NO7S/c1-5-22-26-16-20(34)11-13-31(26,4)25-12-14-30(3)23(9-10-24(30)27(25)28(22)35)18(2)17-39-29(36)32-40(37,38)21-8-6-7-19(33)15-21/h6-8,15,18,20,22-28,33-35H,5,9-14,16-17H2,1-4H3,(H,32,36)/t18-,20-,22-,23-,24+,25+,26+,27+,28-,30-,31-/m1/s1. The molecule has 0 bridgehead atoms. The van der Waals surface area contributed by atoms with E-state index in [0.717, 1.165) is 57.4 Å². The van der Waals surface area contributed by atoms with Crippen LogP contribution in [0.5, 0.6) is 5.75 Å². The summed E-state index contributed by atoms with van der Waals surface area (Å²) in [5, 5.41) is 31.9. The number of fused-ring (bicyclic) bond motifs is 5. The van der Waals surface area contributed by atoms with E-state index in [2.05, 4.69) is 27.7 Å². The van der Waals surface area contributed by atoms with Crippen LogP contribution in [-0.2, 0) is 14.8 Å². The van der Waals surface area contributed by atoms with Gasteiger partial charge in [-0.1, -0.05) is 40.2 Å². The summed E-state index contributed by atoms with van der Waals surface area (Å²) in [4.78, 5) is 12.3. The summed E-state index contributed by atoms with van der Waals surface area (Å²) >= 11 is 0. The van der Waals surface area contributed by atoms with Crippen LogP contribution in [0.1, 0.15) is 79.1 Å². The second-order valence-corrected chi connectivity index (χ2v) is 15.5. The van der Waals surface area contributed by atoms with Gasteiger partial charge in [-0.15, -0.1) is 0 Å². The molecule has 4 fully saturated rings. The average Bonchev–Trinajstić information content (AvgIpc) is 3.25. The number of phenolic OH excluding ortho intramolecular Hbond substituents is 1. The average molecular weight is 578 g/mol. The topological polar surface area (TPSA) is 133 Å². The van der Waals surface area contributed by atoms with Gasteiger partial charge >= 0.3 is 6.09 Å². The van der Waals surface area contributed by atoms with Gasteiger partial charge in [0.2, 0.25) is 0 Å². The summed E-state index contributed by atoms with van der Waals surface area (Å²) in [5.74, 6) is 1.81. The molecule has 0 saturated heterocycles. The van der Waals surface area contributed by atoms with Crippen molar-refractivity contribution in [3.8, 4) is 5.75 Å². The Kier molecular flexibility index (Phi) is 7.98. The first kappa shape index (κ1) is 29.6. The second kappa shape index (κ2) is 10.8. The van der Waals surface area contributed by atoms with E-state index >= 15 is 0 Å². The molecule has 1 aromatic rings. The fourth-order valence-corrected chi connectivity index (χ4v) is 11.0. The zero-order valence-electron chi connectivity index (χ0n) is 24.3. The molecule has 9 heteroatoms. The summed E-state index contributed by atoms with van der Waals surface area (Å²) in [5.41, 5.74) is 0.168. The number of amides is 1. The van der Waals surface area contributed by atoms with Gasteiger partial charge in [0.25, 0.3) is 10.0 Å². The molecule has 224 valence electrons. The van der Waals surface area contributed by atoms with Crippen LogP contribution in [0, 0.1) is 52.3 Å². The molecule has 4 saturated carbocycles. The number of aliphatic hydroxyl groups excluding tert-OH is 2. The van der Waals surface area contributed by atoms with E-state index in [4.69, 9.17) is 4.74 Å². The molecule has 4 N–H and O–H groups in total. The molecule has 1 amide bonds. The summed E-state index contributed by atoms with van der Waals surface area (Å²) in [6, 6.07) is 5.13. The van der Waals surface area contributed by atoms with E-state index in [1.54, 1.807) is 0 Å². The minimum absolute atomic E-state index is 0.0186. The largest absolute Gasteiger partial charge is 0.508 e. The number of aliphatic hydroxyl groups is 2. The van der Waals surface area contributed by atoms with Crippen molar-refractivity contribution in [3.05, 3.63) is 24.3 Å². The van der Waals surface area contributed by atoms with E-state index in [9.17, 15) is 28.5 Å². The van der Waals surface area contributed by atoms with Gasteiger partial charge in [0.05, 0.1) is 23.7 Å². The number of aromatic hydroxyl groups is 1. The third-order valence-electron chi connectivity index (χ3n) is 12.0. The Morgan fingerprint density at radius 3 is 2.48 bits per heavy atom. The summed E-state index contributed by atoms with van der Waals surface area (Å²) in [6.07, 6.45) is 6.16. The number of carbonyl (C=O) groups is 1. The molecule has 0 spiro atoms. The Labute approximate surface area is 239 Å². The third-order valence-corrected chi connectivity index (χ3v) is 13.3. The van der Waals surface area contributed by atoms with Gasteiger partial charge < -0.3 is 20.1 Å². The number of phenols is 1. The fraction of sp³-hybridized carbons (Fsp3) is 0.774. The zero-order valence-corrected chi connectivity index (χ0v) is 25.1. The first-order valence-corrected chi connectivity index (χ1v) is 16.6. The van der Waals surface area contributed by atoms with Crippen LogP contribution in [0.25, 0.3) is 0 Å². The zero-order chi connectivity index (χ0) is 29.0. The SMILES string of the molecule is CC[C@H]1[C@@H](O)[C@@H]2[C@H](CC[C@]3(C)[C@@H]([C@H](C)COC(=O)NS(=O)(=O)c4cccc(O)c4)CC[C@@H]23)[C@@]2(C)CC[C@@H](O)C[C@@H]12. The summed E-state index contributed by atoms with van der Waals surface area (Å²) < 4.78 is 32.4. The van der Waals surface area contributed by atoms with Crippen molar-refractivity contribution in [2.45, 2.75) is 96.2 Å². The van der Waals surface area contributed by atoms with Gasteiger partial charge in [-0.25, -0.2) is 17.9 Å². The van der Waals surface area contributed by atoms with Crippen LogP contribution in [0.3, 0.4) is 0 Å². The van der Waals surface area contributed by atoms with Crippen molar-refractivity contribution in [1.82, 2.24) is 4.72 Å². The molecule has 1 aromatic carbocycles. The van der Waals surface area contributed by atoms with Crippen molar-refractivity contribution < 1.29 is 33.3 Å². The molecule has 8 nitrogen and oxygen atoms in total. The van der Waals surface area contributed by atoms with Gasteiger partial charge in [-0.2, -0.15) is 0 Å². The lowest BCUT2D eigenvalue weighted by Gasteiger charge is -2.64. The molecule has 0 aromatic heterocycles. The highest BCUT2D eigenvalue weighted by Crippen LogP contribution is 2.69. The van der Waals surface area contributed by atoms with Crippen LogP contribution in [0.2, 0.25) is 0 Å². The van der Waals surface area contributed by atoms with Crippen molar-refractivity contribution in [2.24, 2.45) is 52.3 Å². The molecule has 0 radical (unpaired) electrons. The predicted molar refractivity (Wildman–Crippen MR) is 151 cm³/mol. The van der Waals surface area contributed by atoms with Crippen LogP contribution in [0.4, 0.5) is 4.79 Å². The quantitative estimate of drug-likeness (QED) is 0.371. The number of sulfonamides is 1. The Bertz CT molecular complexity index is 1210. The van der Waals surface area contributed by atoms with E-state index in [1.165, 1.54) is 18.2 Å². The van der Waals surface area contributed by atoms with Gasteiger partial charge in [0.1, 0.15) is 5.75 Å². The number of carbonyl (C=O) groups excluding carboxylic acids is 1. The number of ether oxygens (including phenoxy) is 1. The molecule has 0 aliphatic heterocycles. The van der Waals surface area contributed by atoms with Crippen LogP contribution in [0.15, 0.2) is 29.2 Å². The number of hydrogen-bond acceptors (Lipinski definition) is 7. The number of nitrogens with one attached hydrogen (secondary N) is 1. The lowest BCUT2D eigenvalue weighted by molar-refractivity contribution is -0.203. The molecule has 5 rings (SSSR count). The van der Waals surface area contributed by atoms with E-state index < -0.39 is 16.1 Å². The Balaban J connectivity index is 1.27. The van der Waals surface area contributed by atoms with Crippen LogP contribution in [-0.4, -0.2) is 48.6 Å². The lowest BCUT2D eigenvalue weighted by atomic mass is 9.41. The third kappa shape index (κ3) is 4.94. The molecule has 11 atom stereocenters. The van der Waals surface area contributed by atoms with Crippen molar-refractivity contribution in [1.29, 1.82) is 0 Å². The van der Waals surface area contributed by atoms with Gasteiger partial charge in [-0.05, 0) is 109 Å². The van der Waals surface area contributed by atoms with Crippen molar-refractivity contribution >= 4 is 16.1 Å². The van der Waals surface area contributed by atoms with Gasteiger partial charge in [0, 0.05) is 6.07 Å². The normalized spacial score (nSPS) is 41.8. The summed E-state index contributed by atoms with van der Waals surface area (Å²) in [7, 11) is -4.15. The lowest BCUT2D eigenvalue weighted by Crippen LogP contribution is -2.62. The van der Waals surface area contributed by atoms with Gasteiger partial charge in [-0.3, -0.25) is 0 Å². The highest BCUT2D eigenvalue weighted by molar-refractivity contribution is 7.90. The monoisotopic (exact) mass is 577 g/mol. The smallest absolute Gasteiger partial charge is 0.421 e. The Hall–Kier alpha value is -1.84. The molecule has 40 heavy (non-hydrogen) atoms. The minimum atomic E-state index is -4.15. The number of benzene rings is 1. The molecule has 0 heterocycles. The van der Waals surface area contributed by atoms with Crippen LogP contribution < -0.4 is 4.72 Å². The second-order valence-electron chi connectivity index (χ2n) is 13.8. The molecule has 4 aliphatic carbocycles. The maximum atomic E-state index is 12.5. The number of hydrogen-bond donors (Lipinski definition) is 4. The van der Waals surface area contributed by atoms with E-state index in [-0.39, 0.29) is 58.0 Å².